The van der Waals surface area contributed by atoms with Crippen molar-refractivity contribution in [1.82, 2.24) is 0 Å². The van der Waals surface area contributed by atoms with Gasteiger partial charge in [-0.1, -0.05) is 12.1 Å². The first kappa shape index (κ1) is 12.7. The molecule has 0 aromatic heterocycles. The van der Waals surface area contributed by atoms with Crippen molar-refractivity contribution in [2.75, 3.05) is 6.61 Å². The Bertz CT molecular complexity index is 346. The fraction of sp³-hybridized carbons (Fsp3) is 0.462. The van der Waals surface area contributed by atoms with Crippen LogP contribution in [0, 0.1) is 0 Å². The first-order valence-electron chi connectivity index (χ1n) is 5.41. The van der Waals surface area contributed by atoms with Gasteiger partial charge in [0.25, 0.3) is 0 Å². The van der Waals surface area contributed by atoms with E-state index in [0.717, 1.165) is 5.56 Å². The summed E-state index contributed by atoms with van der Waals surface area (Å²) in [5.74, 6) is -0.308. The van der Waals surface area contributed by atoms with E-state index in [1.807, 2.05) is 12.1 Å². The Hall–Kier alpha value is -1.35. The lowest BCUT2D eigenvalue weighted by Gasteiger charge is -2.16. The highest BCUT2D eigenvalue weighted by atomic mass is 16.5. The summed E-state index contributed by atoms with van der Waals surface area (Å²) >= 11 is 0. The average molecular weight is 222 g/mol. The second-order valence-electron chi connectivity index (χ2n) is 4.41. The molecule has 0 atom stereocenters. The minimum atomic E-state index is -0.731. The number of carbonyl (C=O) groups is 1. The van der Waals surface area contributed by atoms with Gasteiger partial charge in [0.05, 0.1) is 17.8 Å². The van der Waals surface area contributed by atoms with E-state index < -0.39 is 5.60 Å². The quantitative estimate of drug-likeness (QED) is 0.794. The van der Waals surface area contributed by atoms with Gasteiger partial charge in [-0.3, -0.25) is 0 Å². The van der Waals surface area contributed by atoms with E-state index in [4.69, 9.17) is 4.74 Å². The fourth-order valence-electron chi connectivity index (χ4n) is 1.47. The molecule has 0 amide bonds. The number of hydrogen-bond donors (Lipinski definition) is 1. The Morgan fingerprint density at radius 3 is 2.31 bits per heavy atom. The molecule has 0 bridgehead atoms. The summed E-state index contributed by atoms with van der Waals surface area (Å²) in [6, 6.07) is 7.12. The molecule has 0 fully saturated rings. The van der Waals surface area contributed by atoms with E-state index in [0.29, 0.717) is 18.6 Å². The van der Waals surface area contributed by atoms with Crippen LogP contribution in [0.15, 0.2) is 24.3 Å². The summed E-state index contributed by atoms with van der Waals surface area (Å²) in [5.41, 5.74) is 0.813. The SMILES string of the molecule is CCOC(=O)c1ccc(CC(C)(C)O)cc1. The standard InChI is InChI=1S/C13H18O3/c1-4-16-12(14)11-7-5-10(6-8-11)9-13(2,3)15/h5-8,15H,4,9H2,1-3H3. The lowest BCUT2D eigenvalue weighted by molar-refractivity contribution is 0.0526. The maximum Gasteiger partial charge on any atom is 0.338 e. The van der Waals surface area contributed by atoms with Crippen molar-refractivity contribution in [2.24, 2.45) is 0 Å². The number of ether oxygens (including phenoxy) is 1. The summed E-state index contributed by atoms with van der Waals surface area (Å²) in [7, 11) is 0. The molecule has 0 aliphatic heterocycles. The third kappa shape index (κ3) is 4.03. The normalized spacial score (nSPS) is 11.2. The van der Waals surface area contributed by atoms with Crippen molar-refractivity contribution in [2.45, 2.75) is 32.8 Å². The Kier molecular flexibility index (Phi) is 4.07. The van der Waals surface area contributed by atoms with E-state index in [1.54, 1.807) is 32.9 Å². The highest BCUT2D eigenvalue weighted by Crippen LogP contribution is 2.13. The zero-order valence-corrected chi connectivity index (χ0v) is 9.99. The maximum absolute atomic E-state index is 11.4. The van der Waals surface area contributed by atoms with Gasteiger partial charge >= 0.3 is 5.97 Å². The summed E-state index contributed by atoms with van der Waals surface area (Å²) in [6.45, 7) is 5.67. The van der Waals surface area contributed by atoms with Crippen LogP contribution in [0.5, 0.6) is 0 Å². The van der Waals surface area contributed by atoms with Crippen molar-refractivity contribution >= 4 is 5.97 Å². The highest BCUT2D eigenvalue weighted by molar-refractivity contribution is 5.89. The van der Waals surface area contributed by atoms with E-state index in [-0.39, 0.29) is 5.97 Å². The van der Waals surface area contributed by atoms with Gasteiger partial charge in [-0.15, -0.1) is 0 Å². The minimum Gasteiger partial charge on any atom is -0.462 e. The van der Waals surface area contributed by atoms with E-state index in [2.05, 4.69) is 0 Å². The lowest BCUT2D eigenvalue weighted by Crippen LogP contribution is -2.21. The monoisotopic (exact) mass is 222 g/mol. The molecule has 88 valence electrons. The molecule has 1 N–H and O–H groups in total. The van der Waals surface area contributed by atoms with Crippen LogP contribution < -0.4 is 0 Å². The van der Waals surface area contributed by atoms with Gasteiger partial charge in [0.2, 0.25) is 0 Å². The molecule has 0 aliphatic rings. The van der Waals surface area contributed by atoms with E-state index in [9.17, 15) is 9.90 Å². The molecule has 0 saturated heterocycles. The summed E-state index contributed by atoms with van der Waals surface area (Å²) in [6.07, 6.45) is 0.566. The molecule has 1 aromatic rings. The van der Waals surface area contributed by atoms with Crippen LogP contribution in [-0.2, 0) is 11.2 Å². The first-order valence-corrected chi connectivity index (χ1v) is 5.41. The van der Waals surface area contributed by atoms with Gasteiger partial charge < -0.3 is 9.84 Å². The topological polar surface area (TPSA) is 46.5 Å². The highest BCUT2D eigenvalue weighted by Gasteiger charge is 2.13. The smallest absolute Gasteiger partial charge is 0.338 e. The molecule has 0 spiro atoms. The predicted octanol–water partition coefficient (Wildman–Crippen LogP) is 2.18. The number of rotatable bonds is 4. The molecule has 16 heavy (non-hydrogen) atoms. The Morgan fingerprint density at radius 2 is 1.88 bits per heavy atom. The van der Waals surface area contributed by atoms with Crippen LogP contribution >= 0.6 is 0 Å². The largest absolute Gasteiger partial charge is 0.462 e. The van der Waals surface area contributed by atoms with Crippen molar-refractivity contribution in [3.05, 3.63) is 35.4 Å². The molecule has 0 radical (unpaired) electrons. The second-order valence-corrected chi connectivity index (χ2v) is 4.41. The van der Waals surface area contributed by atoms with Crippen molar-refractivity contribution in [1.29, 1.82) is 0 Å². The molecule has 0 heterocycles. The first-order chi connectivity index (χ1) is 7.42. The van der Waals surface area contributed by atoms with Crippen molar-refractivity contribution in [3.8, 4) is 0 Å². The molecule has 0 unspecified atom stereocenters. The van der Waals surface area contributed by atoms with Crippen LogP contribution in [0.4, 0.5) is 0 Å². The summed E-state index contributed by atoms with van der Waals surface area (Å²) in [5, 5.41) is 9.64. The van der Waals surface area contributed by atoms with Crippen LogP contribution in [0.1, 0.15) is 36.7 Å². The van der Waals surface area contributed by atoms with Gasteiger partial charge in [-0.2, -0.15) is 0 Å². The van der Waals surface area contributed by atoms with Crippen LogP contribution in [-0.4, -0.2) is 23.3 Å². The zero-order valence-electron chi connectivity index (χ0n) is 9.99. The van der Waals surface area contributed by atoms with E-state index >= 15 is 0 Å². The van der Waals surface area contributed by atoms with Crippen molar-refractivity contribution in [3.63, 3.8) is 0 Å². The van der Waals surface area contributed by atoms with Crippen LogP contribution in [0.25, 0.3) is 0 Å². The molecule has 1 rings (SSSR count). The lowest BCUT2D eigenvalue weighted by atomic mass is 9.98. The third-order valence-electron chi connectivity index (χ3n) is 2.10. The maximum atomic E-state index is 11.4. The predicted molar refractivity (Wildman–Crippen MR) is 62.4 cm³/mol. The number of benzene rings is 1. The van der Waals surface area contributed by atoms with Crippen molar-refractivity contribution < 1.29 is 14.6 Å². The zero-order chi connectivity index (χ0) is 12.2. The number of hydrogen-bond acceptors (Lipinski definition) is 3. The minimum absolute atomic E-state index is 0.308. The number of aliphatic hydroxyl groups is 1. The molecular weight excluding hydrogens is 204 g/mol. The second kappa shape index (κ2) is 5.12. The summed E-state index contributed by atoms with van der Waals surface area (Å²) < 4.78 is 4.88. The summed E-state index contributed by atoms with van der Waals surface area (Å²) in [4.78, 5) is 11.4. The Morgan fingerprint density at radius 1 is 1.31 bits per heavy atom. The Balaban J connectivity index is 2.72. The molecule has 3 nitrogen and oxygen atoms in total. The van der Waals surface area contributed by atoms with Gasteiger partial charge in [0, 0.05) is 6.42 Å². The van der Waals surface area contributed by atoms with Crippen LogP contribution in [0.2, 0.25) is 0 Å². The Labute approximate surface area is 96.1 Å². The third-order valence-corrected chi connectivity index (χ3v) is 2.10. The molecule has 0 aliphatic carbocycles. The number of carbonyl (C=O) groups excluding carboxylic acids is 1. The average Bonchev–Trinajstić information content (AvgIpc) is 2.16. The van der Waals surface area contributed by atoms with E-state index in [1.165, 1.54) is 0 Å². The van der Waals surface area contributed by atoms with Gasteiger partial charge in [-0.25, -0.2) is 4.79 Å². The fourth-order valence-corrected chi connectivity index (χ4v) is 1.47. The molecule has 3 heteroatoms. The number of esters is 1. The molecule has 1 aromatic carbocycles. The van der Waals surface area contributed by atoms with Crippen LogP contribution in [0.3, 0.4) is 0 Å². The van der Waals surface area contributed by atoms with Gasteiger partial charge in [-0.05, 0) is 38.5 Å². The molecular formula is C13H18O3. The van der Waals surface area contributed by atoms with Gasteiger partial charge in [0.1, 0.15) is 0 Å². The molecule has 0 saturated carbocycles. The van der Waals surface area contributed by atoms with Gasteiger partial charge in [0.15, 0.2) is 0 Å².